The van der Waals surface area contributed by atoms with E-state index in [1.54, 1.807) is 6.26 Å². The van der Waals surface area contributed by atoms with E-state index in [0.29, 0.717) is 0 Å². The number of rotatable bonds is 3. The van der Waals surface area contributed by atoms with Crippen molar-refractivity contribution in [2.45, 2.75) is 19.4 Å². The smallest absolute Gasteiger partial charge is 0.126 e. The van der Waals surface area contributed by atoms with E-state index in [1.807, 2.05) is 17.4 Å². The first-order valence-corrected chi connectivity index (χ1v) is 7.71. The molecule has 1 N–H and O–H groups in total. The van der Waals surface area contributed by atoms with Crippen molar-refractivity contribution in [2.24, 2.45) is 0 Å². The molecule has 19 heavy (non-hydrogen) atoms. The minimum absolute atomic E-state index is 0.272. The van der Waals surface area contributed by atoms with Crippen molar-refractivity contribution in [3.8, 4) is 0 Å². The molecule has 0 aromatic carbocycles. The summed E-state index contributed by atoms with van der Waals surface area (Å²) in [6.07, 6.45) is 2.97. The Labute approximate surface area is 118 Å². The van der Waals surface area contributed by atoms with E-state index in [4.69, 9.17) is 4.42 Å². The molecule has 0 bridgehead atoms. The minimum Gasteiger partial charge on any atom is -0.467 e. The number of furan rings is 1. The largest absolute Gasteiger partial charge is 0.467 e. The first-order valence-electron chi connectivity index (χ1n) is 6.89. The van der Waals surface area contributed by atoms with Gasteiger partial charge in [0.2, 0.25) is 0 Å². The Hall–Kier alpha value is -1.10. The Bertz CT molecular complexity index is 498. The molecule has 0 spiro atoms. The van der Waals surface area contributed by atoms with E-state index in [-0.39, 0.29) is 6.04 Å². The quantitative estimate of drug-likeness (QED) is 0.934. The highest BCUT2D eigenvalue weighted by Crippen LogP contribution is 2.33. The number of nitrogens with zero attached hydrogens (tertiary/aromatic N) is 1. The minimum atomic E-state index is 0.272. The van der Waals surface area contributed by atoms with Crippen LogP contribution in [0.4, 0.5) is 0 Å². The Morgan fingerprint density at radius 2 is 2.21 bits per heavy atom. The van der Waals surface area contributed by atoms with Gasteiger partial charge in [-0.1, -0.05) is 0 Å². The van der Waals surface area contributed by atoms with E-state index in [9.17, 15) is 0 Å². The van der Waals surface area contributed by atoms with Crippen LogP contribution in [0.15, 0.2) is 34.9 Å². The third-order valence-electron chi connectivity index (χ3n) is 3.58. The van der Waals surface area contributed by atoms with Gasteiger partial charge in [-0.3, -0.25) is 4.90 Å². The van der Waals surface area contributed by atoms with E-state index in [1.165, 1.54) is 16.2 Å². The third-order valence-corrected chi connectivity index (χ3v) is 4.64. The molecule has 1 saturated heterocycles. The van der Waals surface area contributed by atoms with E-state index in [2.05, 4.69) is 35.3 Å². The summed E-state index contributed by atoms with van der Waals surface area (Å²) in [6, 6.07) is 8.79. The maximum atomic E-state index is 5.70. The Balaban J connectivity index is 1.91. The highest BCUT2D eigenvalue weighted by atomic mass is 32.1. The molecular weight excluding hydrogens is 256 g/mol. The lowest BCUT2D eigenvalue weighted by Crippen LogP contribution is -2.32. The van der Waals surface area contributed by atoms with Crippen LogP contribution in [0, 0.1) is 6.92 Å². The topological polar surface area (TPSA) is 28.4 Å². The van der Waals surface area contributed by atoms with E-state index >= 15 is 0 Å². The summed E-state index contributed by atoms with van der Waals surface area (Å²) in [5.41, 5.74) is 0. The van der Waals surface area contributed by atoms with Crippen molar-refractivity contribution < 1.29 is 4.42 Å². The molecule has 3 heterocycles. The van der Waals surface area contributed by atoms with Crippen LogP contribution >= 0.6 is 11.3 Å². The third kappa shape index (κ3) is 2.91. The van der Waals surface area contributed by atoms with Gasteiger partial charge in [0.25, 0.3) is 0 Å². The molecule has 0 saturated carbocycles. The number of thiophene rings is 1. The summed E-state index contributed by atoms with van der Waals surface area (Å²) in [5.74, 6) is 1.06. The molecule has 0 amide bonds. The lowest BCUT2D eigenvalue weighted by Gasteiger charge is -2.28. The van der Waals surface area contributed by atoms with Crippen LogP contribution in [0.3, 0.4) is 0 Å². The van der Waals surface area contributed by atoms with Crippen molar-refractivity contribution in [3.05, 3.63) is 46.0 Å². The average Bonchev–Trinajstić information content (AvgIpc) is 2.98. The molecule has 1 fully saturated rings. The first kappa shape index (κ1) is 12.9. The summed E-state index contributed by atoms with van der Waals surface area (Å²) >= 11 is 1.87. The van der Waals surface area contributed by atoms with Crippen LogP contribution in [-0.4, -0.2) is 31.1 Å². The van der Waals surface area contributed by atoms with Crippen molar-refractivity contribution in [3.63, 3.8) is 0 Å². The van der Waals surface area contributed by atoms with Gasteiger partial charge in [-0.05, 0) is 44.2 Å². The van der Waals surface area contributed by atoms with Gasteiger partial charge in [0.15, 0.2) is 0 Å². The molecule has 0 radical (unpaired) electrons. The van der Waals surface area contributed by atoms with Gasteiger partial charge in [-0.25, -0.2) is 0 Å². The molecule has 4 heteroatoms. The maximum absolute atomic E-state index is 5.70. The zero-order chi connectivity index (χ0) is 13.1. The monoisotopic (exact) mass is 276 g/mol. The molecule has 1 unspecified atom stereocenters. The summed E-state index contributed by atoms with van der Waals surface area (Å²) < 4.78 is 5.70. The number of hydrogen-bond donors (Lipinski definition) is 1. The zero-order valence-electron chi connectivity index (χ0n) is 11.3. The number of aryl methyl sites for hydroxylation is 1. The molecule has 1 aliphatic rings. The standard InChI is InChI=1S/C15H20N2OS/c1-12-5-6-14(19-12)15(13-4-2-11-18-13)17-9-3-7-16-8-10-17/h2,4-6,11,15-16H,3,7-10H2,1H3. The molecule has 3 nitrogen and oxygen atoms in total. The maximum Gasteiger partial charge on any atom is 0.126 e. The molecular formula is C15H20N2OS. The predicted octanol–water partition coefficient (Wildman–Crippen LogP) is 3.03. The van der Waals surface area contributed by atoms with Gasteiger partial charge in [0.1, 0.15) is 11.8 Å². The average molecular weight is 276 g/mol. The Morgan fingerprint density at radius 1 is 1.26 bits per heavy atom. The molecule has 3 rings (SSSR count). The second kappa shape index (κ2) is 5.90. The predicted molar refractivity (Wildman–Crippen MR) is 78.7 cm³/mol. The SMILES string of the molecule is Cc1ccc(C(c2ccco2)N2CCCNCC2)s1. The van der Waals surface area contributed by atoms with Crippen LogP contribution in [0.1, 0.15) is 28.0 Å². The second-order valence-corrected chi connectivity index (χ2v) is 6.33. The zero-order valence-corrected chi connectivity index (χ0v) is 12.1. The van der Waals surface area contributed by atoms with Crippen LogP contribution in [0.2, 0.25) is 0 Å². The lowest BCUT2D eigenvalue weighted by atomic mass is 10.1. The molecule has 1 aliphatic heterocycles. The first-order chi connectivity index (χ1) is 9.34. The van der Waals surface area contributed by atoms with Gasteiger partial charge in [-0.15, -0.1) is 11.3 Å². The Kier molecular flexibility index (Phi) is 4.01. The van der Waals surface area contributed by atoms with Crippen molar-refractivity contribution in [1.82, 2.24) is 10.2 Å². The molecule has 2 aromatic rings. The normalized spacial score (nSPS) is 19.2. The Morgan fingerprint density at radius 3 is 2.95 bits per heavy atom. The van der Waals surface area contributed by atoms with E-state index in [0.717, 1.165) is 31.9 Å². The summed E-state index contributed by atoms with van der Waals surface area (Å²) in [6.45, 7) is 6.53. The van der Waals surface area contributed by atoms with Crippen LogP contribution in [-0.2, 0) is 0 Å². The van der Waals surface area contributed by atoms with Gasteiger partial charge in [-0.2, -0.15) is 0 Å². The fourth-order valence-electron chi connectivity index (χ4n) is 2.67. The van der Waals surface area contributed by atoms with Gasteiger partial charge in [0.05, 0.1) is 6.26 Å². The molecule has 0 aliphatic carbocycles. The second-order valence-electron chi connectivity index (χ2n) is 5.01. The summed E-state index contributed by atoms with van der Waals surface area (Å²) in [7, 11) is 0. The van der Waals surface area contributed by atoms with Crippen molar-refractivity contribution in [1.29, 1.82) is 0 Å². The molecule has 1 atom stereocenters. The number of hydrogen-bond acceptors (Lipinski definition) is 4. The van der Waals surface area contributed by atoms with Crippen LogP contribution in [0.25, 0.3) is 0 Å². The van der Waals surface area contributed by atoms with Gasteiger partial charge >= 0.3 is 0 Å². The van der Waals surface area contributed by atoms with Gasteiger partial charge in [0, 0.05) is 29.4 Å². The van der Waals surface area contributed by atoms with Crippen molar-refractivity contribution >= 4 is 11.3 Å². The molecule has 2 aromatic heterocycles. The van der Waals surface area contributed by atoms with Crippen LogP contribution < -0.4 is 5.32 Å². The van der Waals surface area contributed by atoms with Gasteiger partial charge < -0.3 is 9.73 Å². The fourth-order valence-corrected chi connectivity index (χ4v) is 3.69. The van der Waals surface area contributed by atoms with E-state index < -0.39 is 0 Å². The summed E-state index contributed by atoms with van der Waals surface area (Å²) in [5, 5.41) is 3.47. The molecule has 102 valence electrons. The van der Waals surface area contributed by atoms with Crippen molar-refractivity contribution in [2.75, 3.05) is 26.2 Å². The fraction of sp³-hybridized carbons (Fsp3) is 0.467. The van der Waals surface area contributed by atoms with Crippen LogP contribution in [0.5, 0.6) is 0 Å². The number of nitrogens with one attached hydrogen (secondary N) is 1. The lowest BCUT2D eigenvalue weighted by molar-refractivity contribution is 0.219. The highest BCUT2D eigenvalue weighted by Gasteiger charge is 2.26. The highest BCUT2D eigenvalue weighted by molar-refractivity contribution is 7.12. The summed E-state index contributed by atoms with van der Waals surface area (Å²) in [4.78, 5) is 5.28.